The normalized spacial score (nSPS) is 14.1. The Hall–Kier alpha value is -2.83. The Morgan fingerprint density at radius 2 is 1.90 bits per heavy atom. The number of benzene rings is 2. The minimum absolute atomic E-state index is 0.182. The number of hydrogen-bond acceptors (Lipinski definition) is 4. The molecule has 1 aliphatic rings. The third kappa shape index (κ3) is 4.13. The predicted molar refractivity (Wildman–Crippen MR) is 115 cm³/mol. The van der Waals surface area contributed by atoms with E-state index in [2.05, 4.69) is 21.4 Å². The Balaban J connectivity index is 1.52. The van der Waals surface area contributed by atoms with Gasteiger partial charge in [-0.05, 0) is 55.8 Å². The van der Waals surface area contributed by atoms with Crippen molar-refractivity contribution in [2.45, 2.75) is 13.8 Å². The number of carbonyl (C=O) groups is 1. The molecular weight excluding hydrogens is 388 g/mol. The predicted octanol–water partition coefficient (Wildman–Crippen LogP) is 4.23. The van der Waals surface area contributed by atoms with Crippen LogP contribution >= 0.6 is 11.6 Å². The van der Waals surface area contributed by atoms with Gasteiger partial charge in [-0.25, -0.2) is 4.68 Å². The molecular formula is C22H23ClN4O2. The summed E-state index contributed by atoms with van der Waals surface area (Å²) in [6.45, 7) is 7.12. The topological polar surface area (TPSA) is 59.4 Å². The van der Waals surface area contributed by atoms with Gasteiger partial charge in [0.2, 0.25) is 0 Å². The minimum atomic E-state index is -0.182. The lowest BCUT2D eigenvalue weighted by atomic mass is 10.1. The lowest BCUT2D eigenvalue weighted by Crippen LogP contribution is -2.36. The Labute approximate surface area is 175 Å². The molecule has 2 aromatic carbocycles. The molecule has 1 aliphatic heterocycles. The fourth-order valence-corrected chi connectivity index (χ4v) is 3.68. The van der Waals surface area contributed by atoms with E-state index < -0.39 is 0 Å². The quantitative estimate of drug-likeness (QED) is 0.699. The first-order chi connectivity index (χ1) is 14.0. The number of amides is 1. The molecule has 7 heteroatoms. The molecule has 4 rings (SSSR count). The average molecular weight is 411 g/mol. The number of aryl methyl sites for hydroxylation is 1. The van der Waals surface area contributed by atoms with E-state index in [-0.39, 0.29) is 5.91 Å². The molecule has 0 bridgehead atoms. The van der Waals surface area contributed by atoms with Crippen molar-refractivity contribution in [2.75, 3.05) is 36.5 Å². The second kappa shape index (κ2) is 8.27. The summed E-state index contributed by atoms with van der Waals surface area (Å²) in [4.78, 5) is 15.2. The van der Waals surface area contributed by atoms with E-state index >= 15 is 0 Å². The van der Waals surface area contributed by atoms with Crippen molar-refractivity contribution in [1.29, 1.82) is 0 Å². The van der Waals surface area contributed by atoms with E-state index in [0.29, 0.717) is 10.6 Å². The van der Waals surface area contributed by atoms with Crippen molar-refractivity contribution in [2.24, 2.45) is 0 Å². The van der Waals surface area contributed by atoms with E-state index in [0.717, 1.165) is 54.6 Å². The van der Waals surface area contributed by atoms with Crippen molar-refractivity contribution in [3.05, 3.63) is 70.5 Å². The molecule has 3 aromatic rings. The maximum Gasteiger partial charge on any atom is 0.259 e. The highest BCUT2D eigenvalue weighted by atomic mass is 35.5. The van der Waals surface area contributed by atoms with Gasteiger partial charge >= 0.3 is 0 Å². The molecule has 1 saturated heterocycles. The Morgan fingerprint density at radius 3 is 2.62 bits per heavy atom. The molecule has 1 amide bonds. The molecule has 0 unspecified atom stereocenters. The summed E-state index contributed by atoms with van der Waals surface area (Å²) in [6.07, 6.45) is 1.59. The van der Waals surface area contributed by atoms with Crippen LogP contribution in [0.1, 0.15) is 21.6 Å². The highest BCUT2D eigenvalue weighted by Crippen LogP contribution is 2.25. The van der Waals surface area contributed by atoms with Gasteiger partial charge in [-0.1, -0.05) is 17.7 Å². The molecule has 1 fully saturated rings. The monoisotopic (exact) mass is 410 g/mol. The highest BCUT2D eigenvalue weighted by Gasteiger charge is 2.17. The first-order valence-electron chi connectivity index (χ1n) is 9.58. The third-order valence-corrected chi connectivity index (χ3v) is 5.38. The zero-order chi connectivity index (χ0) is 20.4. The molecule has 2 heterocycles. The van der Waals surface area contributed by atoms with Gasteiger partial charge in [0.25, 0.3) is 5.91 Å². The molecule has 150 valence electrons. The van der Waals surface area contributed by atoms with E-state index in [1.165, 1.54) is 0 Å². The maximum atomic E-state index is 12.9. The van der Waals surface area contributed by atoms with E-state index in [1.54, 1.807) is 16.9 Å². The van der Waals surface area contributed by atoms with Crippen LogP contribution in [0.3, 0.4) is 0 Å². The Bertz CT molecular complexity index is 1040. The number of halogens is 1. The lowest BCUT2D eigenvalue weighted by Gasteiger charge is -2.29. The van der Waals surface area contributed by atoms with Gasteiger partial charge in [-0.15, -0.1) is 0 Å². The first-order valence-corrected chi connectivity index (χ1v) is 9.96. The summed E-state index contributed by atoms with van der Waals surface area (Å²) in [5.74, 6) is -0.182. The largest absolute Gasteiger partial charge is 0.378 e. The lowest BCUT2D eigenvalue weighted by molar-refractivity contribution is 0.102. The number of hydrogen-bond donors (Lipinski definition) is 1. The first kappa shape index (κ1) is 19.5. The minimum Gasteiger partial charge on any atom is -0.378 e. The molecule has 0 aliphatic carbocycles. The zero-order valence-corrected chi connectivity index (χ0v) is 17.2. The van der Waals surface area contributed by atoms with Crippen molar-refractivity contribution in [3.8, 4) is 5.69 Å². The van der Waals surface area contributed by atoms with Crippen LogP contribution in [0, 0.1) is 13.8 Å². The van der Waals surface area contributed by atoms with Gasteiger partial charge in [0, 0.05) is 29.5 Å². The Morgan fingerprint density at radius 1 is 1.10 bits per heavy atom. The number of nitrogens with zero attached hydrogens (tertiary/aromatic N) is 3. The number of aromatic nitrogens is 2. The summed E-state index contributed by atoms with van der Waals surface area (Å²) in [5, 5.41) is 8.00. The fourth-order valence-electron chi connectivity index (χ4n) is 3.50. The van der Waals surface area contributed by atoms with E-state index in [9.17, 15) is 4.79 Å². The number of rotatable bonds is 4. The number of morpholine rings is 1. The van der Waals surface area contributed by atoms with Gasteiger partial charge < -0.3 is 15.0 Å². The number of nitrogens with one attached hydrogen (secondary N) is 1. The van der Waals surface area contributed by atoms with Crippen molar-refractivity contribution >= 4 is 28.9 Å². The average Bonchev–Trinajstić information content (AvgIpc) is 3.11. The summed E-state index contributed by atoms with van der Waals surface area (Å²) in [6, 6.07) is 13.5. The van der Waals surface area contributed by atoms with Crippen LogP contribution < -0.4 is 10.2 Å². The van der Waals surface area contributed by atoms with Crippen molar-refractivity contribution in [3.63, 3.8) is 0 Å². The smallest absolute Gasteiger partial charge is 0.259 e. The van der Waals surface area contributed by atoms with Crippen LogP contribution in [-0.2, 0) is 4.74 Å². The van der Waals surface area contributed by atoms with Gasteiger partial charge in [0.15, 0.2) is 0 Å². The van der Waals surface area contributed by atoms with Gasteiger partial charge in [-0.3, -0.25) is 4.79 Å². The third-order valence-electron chi connectivity index (χ3n) is 5.14. The SMILES string of the molecule is Cc1cc(N2CCOCC2)ccc1NC(=O)c1cnn(-c2cccc(Cl)c2)c1C. The highest BCUT2D eigenvalue weighted by molar-refractivity contribution is 6.30. The molecule has 0 spiro atoms. The Kier molecular flexibility index (Phi) is 5.56. The van der Waals surface area contributed by atoms with Gasteiger partial charge in [-0.2, -0.15) is 5.10 Å². The molecule has 1 aromatic heterocycles. The summed E-state index contributed by atoms with van der Waals surface area (Å²) in [7, 11) is 0. The number of carbonyl (C=O) groups excluding carboxylic acids is 1. The van der Waals surface area contributed by atoms with Crippen LogP contribution in [0.25, 0.3) is 5.69 Å². The van der Waals surface area contributed by atoms with Crippen molar-refractivity contribution in [1.82, 2.24) is 9.78 Å². The molecule has 1 N–H and O–H groups in total. The summed E-state index contributed by atoms with van der Waals surface area (Å²) in [5.41, 5.74) is 5.06. The molecule has 0 radical (unpaired) electrons. The van der Waals surface area contributed by atoms with Crippen LogP contribution in [-0.4, -0.2) is 42.0 Å². The van der Waals surface area contributed by atoms with E-state index in [4.69, 9.17) is 16.3 Å². The molecule has 6 nitrogen and oxygen atoms in total. The number of ether oxygens (including phenoxy) is 1. The summed E-state index contributed by atoms with van der Waals surface area (Å²) < 4.78 is 7.13. The number of anilines is 2. The molecule has 0 saturated carbocycles. The van der Waals surface area contributed by atoms with Crippen LogP contribution in [0.2, 0.25) is 5.02 Å². The molecule has 29 heavy (non-hydrogen) atoms. The van der Waals surface area contributed by atoms with Crippen molar-refractivity contribution < 1.29 is 9.53 Å². The maximum absolute atomic E-state index is 12.9. The second-order valence-electron chi connectivity index (χ2n) is 7.09. The molecule has 0 atom stereocenters. The fraction of sp³-hybridized carbons (Fsp3) is 0.273. The van der Waals surface area contributed by atoms with Crippen LogP contribution in [0.15, 0.2) is 48.7 Å². The van der Waals surface area contributed by atoms with Gasteiger partial charge in [0.1, 0.15) is 0 Å². The summed E-state index contributed by atoms with van der Waals surface area (Å²) >= 11 is 6.08. The van der Waals surface area contributed by atoms with E-state index in [1.807, 2.05) is 44.2 Å². The van der Waals surface area contributed by atoms with Gasteiger partial charge in [0.05, 0.1) is 36.4 Å². The van der Waals surface area contributed by atoms with Crippen LogP contribution in [0.4, 0.5) is 11.4 Å². The van der Waals surface area contributed by atoms with Crippen LogP contribution in [0.5, 0.6) is 0 Å². The second-order valence-corrected chi connectivity index (χ2v) is 7.52. The standard InChI is InChI=1S/C22H23ClN4O2/c1-15-12-18(26-8-10-29-11-9-26)6-7-21(15)25-22(28)20-14-24-27(16(20)2)19-5-3-4-17(23)13-19/h3-7,12-14H,8-11H2,1-2H3,(H,25,28). The zero-order valence-electron chi connectivity index (χ0n) is 16.5.